The molecule has 24 heavy (non-hydrogen) atoms. The van der Waals surface area contributed by atoms with Crippen molar-refractivity contribution in [2.24, 2.45) is 5.73 Å². The molecular formula is C17H25N5O2. The quantitative estimate of drug-likeness (QED) is 0.799. The maximum atomic E-state index is 12.3. The van der Waals surface area contributed by atoms with E-state index in [-0.39, 0.29) is 18.4 Å². The van der Waals surface area contributed by atoms with Crippen molar-refractivity contribution in [2.45, 2.75) is 38.4 Å². The van der Waals surface area contributed by atoms with Gasteiger partial charge in [0.2, 0.25) is 11.8 Å². The van der Waals surface area contributed by atoms with Crippen LogP contribution in [0.4, 0.5) is 0 Å². The molecule has 2 aromatic rings. The van der Waals surface area contributed by atoms with Crippen LogP contribution in [0, 0.1) is 0 Å². The molecule has 0 spiro atoms. The van der Waals surface area contributed by atoms with Gasteiger partial charge in [0, 0.05) is 12.5 Å². The van der Waals surface area contributed by atoms with Crippen molar-refractivity contribution >= 4 is 5.91 Å². The molecule has 1 unspecified atom stereocenters. The minimum absolute atomic E-state index is 0.157. The van der Waals surface area contributed by atoms with E-state index in [1.807, 2.05) is 63.2 Å². The molecule has 0 aliphatic rings. The Hall–Kier alpha value is -2.25. The van der Waals surface area contributed by atoms with Gasteiger partial charge in [-0.3, -0.25) is 4.79 Å². The summed E-state index contributed by atoms with van der Waals surface area (Å²) in [5.41, 5.74) is 6.29. The average Bonchev–Trinajstić information content (AvgIpc) is 2.96. The van der Waals surface area contributed by atoms with Crippen molar-refractivity contribution in [3.63, 3.8) is 0 Å². The predicted molar refractivity (Wildman–Crippen MR) is 90.8 cm³/mol. The lowest BCUT2D eigenvalue weighted by molar-refractivity contribution is -0.123. The third-order valence-electron chi connectivity index (χ3n) is 3.56. The van der Waals surface area contributed by atoms with Gasteiger partial charge in [-0.15, -0.1) is 0 Å². The Morgan fingerprint density at radius 3 is 2.62 bits per heavy atom. The first-order valence-electron chi connectivity index (χ1n) is 7.87. The van der Waals surface area contributed by atoms with Crippen LogP contribution < -0.4 is 11.1 Å². The molecule has 2 rings (SSSR count). The molecule has 1 aromatic carbocycles. The Morgan fingerprint density at radius 2 is 2.00 bits per heavy atom. The van der Waals surface area contributed by atoms with Gasteiger partial charge in [0.15, 0.2) is 5.82 Å². The smallest absolute Gasteiger partial charge is 0.240 e. The Labute approximate surface area is 142 Å². The van der Waals surface area contributed by atoms with Crippen molar-refractivity contribution in [2.75, 3.05) is 14.1 Å². The van der Waals surface area contributed by atoms with Crippen molar-refractivity contribution < 1.29 is 9.32 Å². The number of carbonyl (C=O) groups excluding carboxylic acids is 1. The number of nitrogens with two attached hydrogens (primary N) is 1. The van der Waals surface area contributed by atoms with Crippen LogP contribution in [0.25, 0.3) is 0 Å². The molecule has 1 heterocycles. The molecule has 0 saturated heterocycles. The average molecular weight is 331 g/mol. The minimum atomic E-state index is -0.735. The number of amides is 1. The highest BCUT2D eigenvalue weighted by Gasteiger charge is 2.29. The monoisotopic (exact) mass is 331 g/mol. The van der Waals surface area contributed by atoms with Crippen LogP contribution >= 0.6 is 0 Å². The number of rotatable bonds is 7. The van der Waals surface area contributed by atoms with Crippen LogP contribution in [0.15, 0.2) is 34.9 Å². The summed E-state index contributed by atoms with van der Waals surface area (Å²) >= 11 is 0. The molecule has 0 saturated carbocycles. The largest absolute Gasteiger partial charge is 0.344 e. The maximum Gasteiger partial charge on any atom is 0.240 e. The summed E-state index contributed by atoms with van der Waals surface area (Å²) in [6, 6.07) is 9.20. The molecule has 130 valence electrons. The number of nitrogens with zero attached hydrogens (tertiary/aromatic N) is 3. The molecule has 1 aromatic heterocycles. The van der Waals surface area contributed by atoms with Gasteiger partial charge in [0.05, 0.1) is 12.1 Å². The number of benzene rings is 1. The van der Waals surface area contributed by atoms with Crippen molar-refractivity contribution in [3.05, 3.63) is 47.6 Å². The number of hydrogen-bond donors (Lipinski definition) is 2. The highest BCUT2D eigenvalue weighted by Crippen LogP contribution is 2.19. The van der Waals surface area contributed by atoms with Crippen LogP contribution in [-0.2, 0) is 16.9 Å². The van der Waals surface area contributed by atoms with Gasteiger partial charge in [-0.25, -0.2) is 0 Å². The van der Waals surface area contributed by atoms with Crippen LogP contribution in [0.2, 0.25) is 0 Å². The van der Waals surface area contributed by atoms with Crippen LogP contribution in [0.3, 0.4) is 0 Å². The molecule has 0 aliphatic carbocycles. The van der Waals surface area contributed by atoms with Gasteiger partial charge >= 0.3 is 0 Å². The fourth-order valence-corrected chi connectivity index (χ4v) is 2.32. The molecule has 0 fully saturated rings. The first-order valence-corrected chi connectivity index (χ1v) is 7.87. The molecule has 7 nitrogen and oxygen atoms in total. The fraction of sp³-hybridized carbons (Fsp3) is 0.471. The van der Waals surface area contributed by atoms with E-state index in [4.69, 9.17) is 10.3 Å². The Morgan fingerprint density at radius 1 is 1.33 bits per heavy atom. The third-order valence-corrected chi connectivity index (χ3v) is 3.56. The first kappa shape index (κ1) is 18.1. The normalized spacial score (nSPS) is 13.1. The molecule has 0 aliphatic heterocycles. The zero-order valence-corrected chi connectivity index (χ0v) is 14.6. The van der Waals surface area contributed by atoms with E-state index in [0.717, 1.165) is 5.56 Å². The van der Waals surface area contributed by atoms with Gasteiger partial charge in [-0.1, -0.05) is 35.5 Å². The van der Waals surface area contributed by atoms with E-state index in [0.29, 0.717) is 18.3 Å². The second-order valence-corrected chi connectivity index (χ2v) is 6.64. The van der Waals surface area contributed by atoms with E-state index >= 15 is 0 Å². The minimum Gasteiger partial charge on any atom is -0.344 e. The lowest BCUT2D eigenvalue weighted by atomic mass is 10.0. The molecular weight excluding hydrogens is 306 g/mol. The topological polar surface area (TPSA) is 97.3 Å². The summed E-state index contributed by atoms with van der Waals surface area (Å²) < 4.78 is 5.22. The van der Waals surface area contributed by atoms with Gasteiger partial charge in [0.1, 0.15) is 0 Å². The Kier molecular flexibility index (Phi) is 5.69. The summed E-state index contributed by atoms with van der Waals surface area (Å²) in [5, 5.41) is 6.89. The highest BCUT2D eigenvalue weighted by molar-refractivity contribution is 5.77. The first-order chi connectivity index (χ1) is 11.3. The van der Waals surface area contributed by atoms with Crippen molar-refractivity contribution in [3.8, 4) is 0 Å². The number of aromatic nitrogens is 2. The van der Waals surface area contributed by atoms with E-state index in [1.165, 1.54) is 0 Å². The lowest BCUT2D eigenvalue weighted by Crippen LogP contribution is -2.42. The molecule has 3 N–H and O–H groups in total. The predicted octanol–water partition coefficient (Wildman–Crippen LogP) is 1.57. The molecule has 1 atom stereocenters. The van der Waals surface area contributed by atoms with Gasteiger partial charge < -0.3 is 20.5 Å². The van der Waals surface area contributed by atoms with Crippen LogP contribution in [0.1, 0.15) is 43.6 Å². The van der Waals surface area contributed by atoms with Gasteiger partial charge in [-0.05, 0) is 33.5 Å². The molecule has 1 amide bonds. The molecule has 7 heteroatoms. The SMILES string of the molecule is CN(C)Cc1nc(C(C)(C)NC(=O)CC(N)c2ccccc2)no1. The summed E-state index contributed by atoms with van der Waals surface area (Å²) in [5.74, 6) is 0.801. The van der Waals surface area contributed by atoms with Crippen molar-refractivity contribution in [1.82, 2.24) is 20.4 Å². The summed E-state index contributed by atoms with van der Waals surface area (Å²) in [6.07, 6.45) is 0.190. The second-order valence-electron chi connectivity index (χ2n) is 6.64. The zero-order chi connectivity index (χ0) is 17.7. The Bertz CT molecular complexity index is 667. The standard InChI is InChI=1S/C17H25N5O2/c1-17(2,16-19-15(24-21-16)11-22(3)4)20-14(23)10-13(18)12-8-6-5-7-9-12/h5-9,13H,10-11,18H2,1-4H3,(H,20,23). The zero-order valence-electron chi connectivity index (χ0n) is 14.6. The third kappa shape index (κ3) is 4.87. The Balaban J connectivity index is 1.97. The lowest BCUT2D eigenvalue weighted by Gasteiger charge is -2.23. The summed E-state index contributed by atoms with van der Waals surface area (Å²) in [7, 11) is 3.84. The van der Waals surface area contributed by atoms with E-state index in [2.05, 4.69) is 15.5 Å². The number of carbonyl (C=O) groups is 1. The summed E-state index contributed by atoms with van der Waals surface area (Å²) in [4.78, 5) is 18.6. The van der Waals surface area contributed by atoms with Crippen LogP contribution in [0.5, 0.6) is 0 Å². The fourth-order valence-electron chi connectivity index (χ4n) is 2.32. The van der Waals surface area contributed by atoms with E-state index < -0.39 is 5.54 Å². The number of nitrogens with one attached hydrogen (secondary N) is 1. The van der Waals surface area contributed by atoms with Crippen molar-refractivity contribution in [1.29, 1.82) is 0 Å². The van der Waals surface area contributed by atoms with E-state index in [1.54, 1.807) is 0 Å². The van der Waals surface area contributed by atoms with Gasteiger partial charge in [0.25, 0.3) is 0 Å². The maximum absolute atomic E-state index is 12.3. The molecule has 0 radical (unpaired) electrons. The molecule has 0 bridgehead atoms. The number of hydrogen-bond acceptors (Lipinski definition) is 6. The highest BCUT2D eigenvalue weighted by atomic mass is 16.5. The van der Waals surface area contributed by atoms with E-state index in [9.17, 15) is 4.79 Å². The summed E-state index contributed by atoms with van der Waals surface area (Å²) in [6.45, 7) is 4.22. The van der Waals surface area contributed by atoms with Gasteiger partial charge in [-0.2, -0.15) is 4.98 Å². The van der Waals surface area contributed by atoms with Crippen LogP contribution in [-0.4, -0.2) is 35.0 Å². The second kappa shape index (κ2) is 7.55.